The van der Waals surface area contributed by atoms with Crippen LogP contribution in [0.5, 0.6) is 0 Å². The topological polar surface area (TPSA) is 155 Å². The SMILES string of the molecule is CC/C=C\C/C=C\C/C=C\C/C=C\CCCCCOCC(COP(=O)(O)OCC(N)C(=O)O)OC(=O)CCCCCCCCCCCCCCCCCC. The van der Waals surface area contributed by atoms with E-state index in [4.69, 9.17) is 29.4 Å². The molecular formula is C43H78NO9P. The molecule has 0 aromatic heterocycles. The summed E-state index contributed by atoms with van der Waals surface area (Å²) in [5.74, 6) is -1.79. The first kappa shape index (κ1) is 51.9. The minimum Gasteiger partial charge on any atom is -0.480 e. The summed E-state index contributed by atoms with van der Waals surface area (Å²) < 4.78 is 33.3. The van der Waals surface area contributed by atoms with Crippen molar-refractivity contribution in [3.8, 4) is 0 Å². The molecule has 314 valence electrons. The van der Waals surface area contributed by atoms with Crippen LogP contribution in [0.1, 0.15) is 174 Å². The van der Waals surface area contributed by atoms with E-state index in [1.165, 1.54) is 77.0 Å². The minimum atomic E-state index is -4.62. The van der Waals surface area contributed by atoms with Gasteiger partial charge >= 0.3 is 19.8 Å². The zero-order valence-corrected chi connectivity index (χ0v) is 35.0. The van der Waals surface area contributed by atoms with E-state index < -0.39 is 45.1 Å². The van der Waals surface area contributed by atoms with E-state index in [-0.39, 0.29) is 13.0 Å². The highest BCUT2D eigenvalue weighted by Crippen LogP contribution is 2.43. The van der Waals surface area contributed by atoms with Crippen LogP contribution in [-0.4, -0.2) is 60.5 Å². The van der Waals surface area contributed by atoms with E-state index >= 15 is 0 Å². The molecule has 0 aliphatic rings. The molecule has 3 atom stereocenters. The molecule has 0 aromatic rings. The van der Waals surface area contributed by atoms with Gasteiger partial charge in [-0.3, -0.25) is 18.6 Å². The molecule has 0 spiro atoms. The molecule has 0 bridgehead atoms. The van der Waals surface area contributed by atoms with Crippen LogP contribution in [0.25, 0.3) is 0 Å². The van der Waals surface area contributed by atoms with Crippen molar-refractivity contribution in [2.24, 2.45) is 5.73 Å². The summed E-state index contributed by atoms with van der Waals surface area (Å²) in [5.41, 5.74) is 5.35. The number of carbonyl (C=O) groups is 2. The number of nitrogens with two attached hydrogens (primary N) is 1. The Balaban J connectivity index is 4.30. The fourth-order valence-corrected chi connectivity index (χ4v) is 6.37. The van der Waals surface area contributed by atoms with Crippen LogP contribution in [0.2, 0.25) is 0 Å². The summed E-state index contributed by atoms with van der Waals surface area (Å²) in [5, 5.41) is 8.89. The average Bonchev–Trinajstić information content (AvgIpc) is 3.15. The van der Waals surface area contributed by atoms with Crippen LogP contribution >= 0.6 is 7.82 Å². The molecule has 0 aliphatic heterocycles. The fourth-order valence-electron chi connectivity index (χ4n) is 5.59. The zero-order chi connectivity index (χ0) is 39.8. The highest BCUT2D eigenvalue weighted by molar-refractivity contribution is 7.47. The van der Waals surface area contributed by atoms with Gasteiger partial charge in [0.15, 0.2) is 0 Å². The number of ether oxygens (including phenoxy) is 2. The van der Waals surface area contributed by atoms with Crippen molar-refractivity contribution in [3.63, 3.8) is 0 Å². The monoisotopic (exact) mass is 784 g/mol. The first-order valence-electron chi connectivity index (χ1n) is 21.2. The molecular weight excluding hydrogens is 705 g/mol. The second kappa shape index (κ2) is 39.2. The van der Waals surface area contributed by atoms with Crippen LogP contribution < -0.4 is 5.73 Å². The minimum absolute atomic E-state index is 0.00376. The lowest BCUT2D eigenvalue weighted by molar-refractivity contribution is -0.154. The maximum absolute atomic E-state index is 12.6. The lowest BCUT2D eigenvalue weighted by Gasteiger charge is -2.20. The quantitative estimate of drug-likeness (QED) is 0.0237. The molecule has 0 rings (SSSR count). The van der Waals surface area contributed by atoms with E-state index in [2.05, 4.69) is 62.5 Å². The Labute approximate surface area is 329 Å². The Hall–Kier alpha value is -2.07. The first-order chi connectivity index (χ1) is 26.2. The van der Waals surface area contributed by atoms with E-state index in [0.29, 0.717) is 13.0 Å². The predicted octanol–water partition coefficient (Wildman–Crippen LogP) is 11.5. The number of phosphoric acid groups is 1. The highest BCUT2D eigenvalue weighted by atomic mass is 31.2. The van der Waals surface area contributed by atoms with Gasteiger partial charge in [0, 0.05) is 13.0 Å². The number of hydrogen-bond acceptors (Lipinski definition) is 8. The average molecular weight is 784 g/mol. The molecule has 0 radical (unpaired) electrons. The van der Waals surface area contributed by atoms with Gasteiger partial charge in [0.05, 0.1) is 19.8 Å². The van der Waals surface area contributed by atoms with Gasteiger partial charge in [-0.25, -0.2) is 4.57 Å². The lowest BCUT2D eigenvalue weighted by Crippen LogP contribution is -2.34. The number of esters is 1. The van der Waals surface area contributed by atoms with Crippen molar-refractivity contribution in [2.45, 2.75) is 187 Å². The summed E-state index contributed by atoms with van der Waals surface area (Å²) in [6, 6.07) is -1.48. The van der Waals surface area contributed by atoms with Gasteiger partial charge in [-0.2, -0.15) is 0 Å². The van der Waals surface area contributed by atoms with Crippen LogP contribution in [0, 0.1) is 0 Å². The smallest absolute Gasteiger partial charge is 0.472 e. The number of phosphoric ester groups is 1. The van der Waals surface area contributed by atoms with Crippen molar-refractivity contribution in [3.05, 3.63) is 48.6 Å². The van der Waals surface area contributed by atoms with Crippen molar-refractivity contribution in [1.29, 1.82) is 0 Å². The Kier molecular flexibility index (Phi) is 37.7. The molecule has 0 fully saturated rings. The van der Waals surface area contributed by atoms with Crippen molar-refractivity contribution in [1.82, 2.24) is 0 Å². The number of carbonyl (C=O) groups excluding carboxylic acids is 1. The predicted molar refractivity (Wildman–Crippen MR) is 221 cm³/mol. The maximum atomic E-state index is 12.6. The van der Waals surface area contributed by atoms with Crippen LogP contribution in [-0.2, 0) is 32.7 Å². The molecule has 0 saturated heterocycles. The lowest BCUT2D eigenvalue weighted by atomic mass is 10.0. The summed E-state index contributed by atoms with van der Waals surface area (Å²) in [6.07, 6.45) is 44.5. The molecule has 3 unspecified atom stereocenters. The van der Waals surface area contributed by atoms with Gasteiger partial charge in [0.2, 0.25) is 0 Å². The van der Waals surface area contributed by atoms with Gasteiger partial charge in [-0.05, 0) is 51.4 Å². The summed E-state index contributed by atoms with van der Waals surface area (Å²) in [6.45, 7) is 3.69. The standard InChI is InChI=1S/C43H78NO9P/c1-3-5-7-9-11-13-15-17-19-21-23-25-27-29-31-33-35-42(45)53-40(38-51-54(48,49)52-39-41(44)43(46)47)37-50-36-34-32-30-28-26-24-22-20-18-16-14-12-10-8-6-4-2/h6,8,12,14,18,20,24,26,40-41H,3-5,7,9-11,13,15-17,19,21-23,25,27-39,44H2,1-2H3,(H,46,47)(H,48,49)/b8-6-,14-12-,20-18-,26-24-. The Morgan fingerprint density at radius 2 is 1.07 bits per heavy atom. The third kappa shape index (κ3) is 38.2. The molecule has 0 heterocycles. The molecule has 0 aliphatic carbocycles. The van der Waals surface area contributed by atoms with Gasteiger partial charge in [-0.15, -0.1) is 0 Å². The fraction of sp³-hybridized carbons (Fsp3) is 0.767. The number of aliphatic carboxylic acids is 1. The normalized spacial score (nSPS) is 14.4. The maximum Gasteiger partial charge on any atom is 0.472 e. The Bertz CT molecular complexity index is 1050. The number of carboxylic acid groups (broad SMARTS) is 1. The molecule has 10 nitrogen and oxygen atoms in total. The number of allylic oxidation sites excluding steroid dienone is 8. The van der Waals surface area contributed by atoms with Gasteiger partial charge in [-0.1, -0.05) is 165 Å². The molecule has 0 aromatic carbocycles. The van der Waals surface area contributed by atoms with E-state index in [0.717, 1.165) is 70.6 Å². The van der Waals surface area contributed by atoms with E-state index in [9.17, 15) is 19.0 Å². The van der Waals surface area contributed by atoms with Crippen molar-refractivity contribution >= 4 is 19.8 Å². The van der Waals surface area contributed by atoms with E-state index in [1.807, 2.05) is 0 Å². The largest absolute Gasteiger partial charge is 0.480 e. The highest BCUT2D eigenvalue weighted by Gasteiger charge is 2.27. The third-order valence-corrected chi connectivity index (χ3v) is 9.82. The third-order valence-electron chi connectivity index (χ3n) is 8.87. The number of hydrogen-bond donors (Lipinski definition) is 3. The van der Waals surface area contributed by atoms with Crippen molar-refractivity contribution in [2.75, 3.05) is 26.4 Å². The van der Waals surface area contributed by atoms with Crippen LogP contribution in [0.3, 0.4) is 0 Å². The van der Waals surface area contributed by atoms with Gasteiger partial charge in [0.1, 0.15) is 12.1 Å². The second-order valence-electron chi connectivity index (χ2n) is 14.1. The molecule has 54 heavy (non-hydrogen) atoms. The van der Waals surface area contributed by atoms with Gasteiger partial charge < -0.3 is 25.2 Å². The second-order valence-corrected chi connectivity index (χ2v) is 15.5. The molecule has 11 heteroatoms. The van der Waals surface area contributed by atoms with Gasteiger partial charge in [0.25, 0.3) is 0 Å². The van der Waals surface area contributed by atoms with Crippen molar-refractivity contribution < 1.29 is 42.7 Å². The number of rotatable bonds is 40. The summed E-state index contributed by atoms with van der Waals surface area (Å²) in [4.78, 5) is 33.5. The van der Waals surface area contributed by atoms with E-state index in [1.54, 1.807) is 0 Å². The molecule has 0 amide bonds. The number of unbranched alkanes of at least 4 members (excludes halogenated alkanes) is 18. The summed E-state index contributed by atoms with van der Waals surface area (Å²) in [7, 11) is -4.62. The van der Waals surface area contributed by atoms with Crippen LogP contribution in [0.4, 0.5) is 0 Å². The Morgan fingerprint density at radius 3 is 1.59 bits per heavy atom. The Morgan fingerprint density at radius 1 is 0.611 bits per heavy atom. The first-order valence-corrected chi connectivity index (χ1v) is 22.7. The molecule has 4 N–H and O–H groups in total. The zero-order valence-electron chi connectivity index (χ0n) is 34.1. The summed E-state index contributed by atoms with van der Waals surface area (Å²) >= 11 is 0. The number of carboxylic acids is 1. The van der Waals surface area contributed by atoms with Crippen LogP contribution in [0.15, 0.2) is 48.6 Å². The molecule has 0 saturated carbocycles.